The lowest BCUT2D eigenvalue weighted by molar-refractivity contribution is 0.0984. The van der Waals surface area contributed by atoms with Gasteiger partial charge in [0.1, 0.15) is 0 Å². The maximum absolute atomic E-state index is 11.8. The third-order valence-corrected chi connectivity index (χ3v) is 2.82. The molecule has 0 aromatic carbocycles. The van der Waals surface area contributed by atoms with Gasteiger partial charge in [0, 0.05) is 17.8 Å². The highest BCUT2D eigenvalue weighted by Gasteiger charge is 2.17. The van der Waals surface area contributed by atoms with Crippen LogP contribution >= 0.6 is 15.9 Å². The first-order valence-corrected chi connectivity index (χ1v) is 5.79. The fourth-order valence-electron chi connectivity index (χ4n) is 1.27. The number of aromatic nitrogens is 1. The SMILES string of the molecule is CC(C)CC(Br)C(=O)c1ccc(=O)[nH]c1. The van der Waals surface area contributed by atoms with Crippen molar-refractivity contribution in [2.45, 2.75) is 25.1 Å². The third kappa shape index (κ3) is 3.63. The number of nitrogens with one attached hydrogen (secondary N) is 1. The normalized spacial score (nSPS) is 12.8. The van der Waals surface area contributed by atoms with Gasteiger partial charge < -0.3 is 4.98 Å². The van der Waals surface area contributed by atoms with E-state index < -0.39 is 0 Å². The number of alkyl halides is 1. The molecule has 0 amide bonds. The van der Waals surface area contributed by atoms with E-state index in [4.69, 9.17) is 0 Å². The molecule has 3 nitrogen and oxygen atoms in total. The fraction of sp³-hybridized carbons (Fsp3) is 0.455. The molecule has 0 radical (unpaired) electrons. The Morgan fingerprint density at radius 3 is 2.60 bits per heavy atom. The van der Waals surface area contributed by atoms with Gasteiger partial charge in [-0.2, -0.15) is 0 Å². The summed E-state index contributed by atoms with van der Waals surface area (Å²) in [6.45, 7) is 4.13. The van der Waals surface area contributed by atoms with E-state index in [1.807, 2.05) is 0 Å². The number of aromatic amines is 1. The zero-order valence-electron chi connectivity index (χ0n) is 8.79. The molecule has 82 valence electrons. The molecule has 1 heterocycles. The lowest BCUT2D eigenvalue weighted by Gasteiger charge is -2.10. The minimum absolute atomic E-state index is 0.0138. The van der Waals surface area contributed by atoms with Gasteiger partial charge in [0.05, 0.1) is 4.83 Å². The van der Waals surface area contributed by atoms with Crippen molar-refractivity contribution in [3.05, 3.63) is 34.2 Å². The topological polar surface area (TPSA) is 49.9 Å². The van der Waals surface area contributed by atoms with Crippen LogP contribution in [0.4, 0.5) is 0 Å². The Morgan fingerprint density at radius 2 is 2.13 bits per heavy atom. The molecule has 0 aliphatic carbocycles. The first kappa shape index (κ1) is 12.2. The zero-order valence-corrected chi connectivity index (χ0v) is 10.4. The number of hydrogen-bond donors (Lipinski definition) is 1. The van der Waals surface area contributed by atoms with E-state index in [1.54, 1.807) is 6.07 Å². The van der Waals surface area contributed by atoms with Gasteiger partial charge in [-0.05, 0) is 18.4 Å². The van der Waals surface area contributed by atoms with Crippen molar-refractivity contribution >= 4 is 21.7 Å². The average Bonchev–Trinajstić information content (AvgIpc) is 2.17. The van der Waals surface area contributed by atoms with Crippen LogP contribution < -0.4 is 5.56 Å². The highest BCUT2D eigenvalue weighted by molar-refractivity contribution is 9.10. The minimum Gasteiger partial charge on any atom is -0.328 e. The molecular weight excluding hydrogens is 258 g/mol. The summed E-state index contributed by atoms with van der Waals surface area (Å²) in [5, 5.41) is 0. The van der Waals surface area contributed by atoms with Crippen molar-refractivity contribution in [3.63, 3.8) is 0 Å². The molecule has 1 rings (SSSR count). The molecule has 0 spiro atoms. The molecule has 0 saturated carbocycles. The number of hydrogen-bond acceptors (Lipinski definition) is 2. The molecule has 1 aromatic rings. The van der Waals surface area contributed by atoms with Crippen LogP contribution in [0, 0.1) is 5.92 Å². The fourth-order valence-corrected chi connectivity index (χ4v) is 2.28. The molecule has 1 unspecified atom stereocenters. The Labute approximate surface area is 97.0 Å². The Balaban J connectivity index is 2.76. The number of pyridine rings is 1. The van der Waals surface area contributed by atoms with E-state index >= 15 is 0 Å². The van der Waals surface area contributed by atoms with E-state index in [0.29, 0.717) is 11.5 Å². The van der Waals surface area contributed by atoms with E-state index in [9.17, 15) is 9.59 Å². The summed E-state index contributed by atoms with van der Waals surface area (Å²) < 4.78 is 0. The lowest BCUT2D eigenvalue weighted by atomic mass is 10.0. The van der Waals surface area contributed by atoms with Gasteiger partial charge in [-0.15, -0.1) is 0 Å². The van der Waals surface area contributed by atoms with Crippen molar-refractivity contribution in [2.24, 2.45) is 5.92 Å². The summed E-state index contributed by atoms with van der Waals surface area (Å²) in [4.78, 5) is 25.0. The molecule has 15 heavy (non-hydrogen) atoms. The van der Waals surface area contributed by atoms with Crippen LogP contribution in [0.2, 0.25) is 0 Å². The summed E-state index contributed by atoms with van der Waals surface area (Å²) in [6, 6.07) is 2.91. The number of carbonyl (C=O) groups excluding carboxylic acids is 1. The van der Waals surface area contributed by atoms with Crippen molar-refractivity contribution in [1.82, 2.24) is 4.98 Å². The second kappa shape index (κ2) is 5.26. The van der Waals surface area contributed by atoms with Gasteiger partial charge in [0.25, 0.3) is 0 Å². The van der Waals surface area contributed by atoms with Gasteiger partial charge in [0.2, 0.25) is 5.56 Å². The molecule has 0 aliphatic heterocycles. The Kier molecular flexibility index (Phi) is 4.27. The standard InChI is InChI=1S/C11H14BrNO2/c1-7(2)5-9(12)11(15)8-3-4-10(14)13-6-8/h3-4,6-7,9H,5H2,1-2H3,(H,13,14). The average molecular weight is 272 g/mol. The Hall–Kier alpha value is -0.900. The van der Waals surface area contributed by atoms with Crippen LogP contribution in [0.5, 0.6) is 0 Å². The number of halogens is 1. The van der Waals surface area contributed by atoms with E-state index in [1.165, 1.54) is 12.3 Å². The van der Waals surface area contributed by atoms with E-state index in [0.717, 1.165) is 6.42 Å². The molecule has 1 atom stereocenters. The molecular formula is C11H14BrNO2. The summed E-state index contributed by atoms with van der Waals surface area (Å²) in [6.07, 6.45) is 2.25. The second-order valence-electron chi connectivity index (χ2n) is 3.90. The molecule has 0 saturated heterocycles. The third-order valence-electron chi connectivity index (χ3n) is 2.03. The minimum atomic E-state index is -0.193. The van der Waals surface area contributed by atoms with Crippen molar-refractivity contribution in [2.75, 3.05) is 0 Å². The van der Waals surface area contributed by atoms with Crippen LogP contribution in [-0.4, -0.2) is 15.6 Å². The van der Waals surface area contributed by atoms with Gasteiger partial charge in [0.15, 0.2) is 5.78 Å². The predicted octanol–water partition coefficient (Wildman–Crippen LogP) is 2.37. The molecule has 0 bridgehead atoms. The van der Waals surface area contributed by atoms with E-state index in [2.05, 4.69) is 34.8 Å². The van der Waals surface area contributed by atoms with Gasteiger partial charge >= 0.3 is 0 Å². The van der Waals surface area contributed by atoms with Crippen LogP contribution in [0.1, 0.15) is 30.6 Å². The first-order chi connectivity index (χ1) is 7.00. The summed E-state index contributed by atoms with van der Waals surface area (Å²) in [5.41, 5.74) is 0.346. The van der Waals surface area contributed by atoms with Crippen LogP contribution in [-0.2, 0) is 0 Å². The van der Waals surface area contributed by atoms with Crippen LogP contribution in [0.3, 0.4) is 0 Å². The van der Waals surface area contributed by atoms with Crippen molar-refractivity contribution in [3.8, 4) is 0 Å². The number of carbonyl (C=O) groups is 1. The summed E-state index contributed by atoms with van der Waals surface area (Å²) in [5.74, 6) is 0.473. The maximum Gasteiger partial charge on any atom is 0.247 e. The van der Waals surface area contributed by atoms with Gasteiger partial charge in [-0.25, -0.2) is 0 Å². The maximum atomic E-state index is 11.8. The van der Waals surface area contributed by atoms with Crippen molar-refractivity contribution < 1.29 is 4.79 Å². The molecule has 0 fully saturated rings. The summed E-state index contributed by atoms with van der Waals surface area (Å²) in [7, 11) is 0. The van der Waals surface area contributed by atoms with Crippen LogP contribution in [0.25, 0.3) is 0 Å². The second-order valence-corrected chi connectivity index (χ2v) is 5.01. The van der Waals surface area contributed by atoms with Gasteiger partial charge in [-0.3, -0.25) is 9.59 Å². The molecule has 1 N–H and O–H groups in total. The predicted molar refractivity (Wildman–Crippen MR) is 63.6 cm³/mol. The first-order valence-electron chi connectivity index (χ1n) is 4.87. The van der Waals surface area contributed by atoms with Crippen molar-refractivity contribution in [1.29, 1.82) is 0 Å². The monoisotopic (exact) mass is 271 g/mol. The lowest BCUT2D eigenvalue weighted by Crippen LogP contribution is -2.17. The number of rotatable bonds is 4. The largest absolute Gasteiger partial charge is 0.328 e. The Morgan fingerprint density at radius 1 is 1.47 bits per heavy atom. The van der Waals surface area contributed by atoms with E-state index in [-0.39, 0.29) is 16.2 Å². The smallest absolute Gasteiger partial charge is 0.247 e. The highest BCUT2D eigenvalue weighted by Crippen LogP contribution is 2.17. The highest BCUT2D eigenvalue weighted by atomic mass is 79.9. The molecule has 4 heteroatoms. The number of Topliss-reactive ketones (excluding diaryl/α,β-unsaturated/α-hetero) is 1. The zero-order chi connectivity index (χ0) is 11.4. The molecule has 0 aliphatic rings. The number of H-pyrrole nitrogens is 1. The molecule has 1 aromatic heterocycles. The Bertz CT molecular complexity index is 377. The van der Waals surface area contributed by atoms with Crippen LogP contribution in [0.15, 0.2) is 23.1 Å². The summed E-state index contributed by atoms with van der Waals surface area (Å²) >= 11 is 3.36. The van der Waals surface area contributed by atoms with Gasteiger partial charge in [-0.1, -0.05) is 29.8 Å². The number of ketones is 1. The quantitative estimate of drug-likeness (QED) is 0.675.